The van der Waals surface area contributed by atoms with Gasteiger partial charge in [-0.15, -0.1) is 0 Å². The number of hydrogen-bond donors (Lipinski definition) is 1. The van der Waals surface area contributed by atoms with Crippen LogP contribution in [0.5, 0.6) is 0 Å². The summed E-state index contributed by atoms with van der Waals surface area (Å²) in [7, 11) is 3.67. The third kappa shape index (κ3) is 2.26. The van der Waals surface area contributed by atoms with Crippen molar-refractivity contribution >= 4 is 0 Å². The van der Waals surface area contributed by atoms with Crippen molar-refractivity contribution in [2.45, 2.75) is 18.5 Å². The number of aromatic nitrogens is 2. The summed E-state index contributed by atoms with van der Waals surface area (Å²) in [5.41, 5.74) is 7.37. The van der Waals surface area contributed by atoms with E-state index in [4.69, 9.17) is 10.5 Å². The van der Waals surface area contributed by atoms with Crippen molar-refractivity contribution in [3.05, 3.63) is 18.0 Å². The van der Waals surface area contributed by atoms with Crippen LogP contribution in [0.15, 0.2) is 12.4 Å². The lowest BCUT2D eigenvalue weighted by molar-refractivity contribution is 0.139. The van der Waals surface area contributed by atoms with Crippen molar-refractivity contribution in [2.24, 2.45) is 12.8 Å². The number of rotatable bonds is 4. The number of likely N-dealkylation sites (tertiary alicyclic amines) is 1. The van der Waals surface area contributed by atoms with Crippen LogP contribution in [0.25, 0.3) is 0 Å². The van der Waals surface area contributed by atoms with E-state index in [2.05, 4.69) is 16.2 Å². The van der Waals surface area contributed by atoms with Gasteiger partial charge in [0.1, 0.15) is 0 Å². The van der Waals surface area contributed by atoms with Gasteiger partial charge in [0.25, 0.3) is 0 Å². The molecule has 1 aliphatic rings. The van der Waals surface area contributed by atoms with Gasteiger partial charge in [-0.1, -0.05) is 0 Å². The van der Waals surface area contributed by atoms with Crippen molar-refractivity contribution in [2.75, 3.05) is 26.8 Å². The minimum atomic E-state index is 0.209. The van der Waals surface area contributed by atoms with Crippen LogP contribution in [0.4, 0.5) is 0 Å². The molecule has 1 aliphatic heterocycles. The molecule has 0 aliphatic carbocycles. The van der Waals surface area contributed by atoms with E-state index in [0.29, 0.717) is 6.04 Å². The average Bonchev–Trinajstić information content (AvgIpc) is 2.82. The maximum absolute atomic E-state index is 6.16. The molecule has 90 valence electrons. The molecule has 5 heteroatoms. The van der Waals surface area contributed by atoms with E-state index in [1.165, 1.54) is 5.56 Å². The number of aryl methyl sites for hydroxylation is 1. The van der Waals surface area contributed by atoms with Gasteiger partial charge in [-0.2, -0.15) is 5.10 Å². The summed E-state index contributed by atoms with van der Waals surface area (Å²) in [6.45, 7) is 2.73. The van der Waals surface area contributed by atoms with Gasteiger partial charge in [-0.25, -0.2) is 0 Å². The minimum Gasteiger partial charge on any atom is -0.383 e. The first-order valence-electron chi connectivity index (χ1n) is 5.69. The van der Waals surface area contributed by atoms with E-state index >= 15 is 0 Å². The summed E-state index contributed by atoms with van der Waals surface area (Å²) in [4.78, 5) is 2.38. The van der Waals surface area contributed by atoms with Crippen LogP contribution in [-0.4, -0.2) is 47.5 Å². The minimum absolute atomic E-state index is 0.209. The van der Waals surface area contributed by atoms with Crippen LogP contribution < -0.4 is 5.73 Å². The largest absolute Gasteiger partial charge is 0.383 e. The predicted molar refractivity (Wildman–Crippen MR) is 62.0 cm³/mol. The first-order chi connectivity index (χ1) is 7.72. The van der Waals surface area contributed by atoms with Crippen molar-refractivity contribution in [1.29, 1.82) is 0 Å². The quantitative estimate of drug-likeness (QED) is 0.790. The smallest absolute Gasteiger partial charge is 0.0589 e. The maximum Gasteiger partial charge on any atom is 0.0589 e. The van der Waals surface area contributed by atoms with Crippen molar-refractivity contribution in [3.8, 4) is 0 Å². The molecule has 0 radical (unpaired) electrons. The first-order valence-corrected chi connectivity index (χ1v) is 5.69. The lowest BCUT2D eigenvalue weighted by atomic mass is 10.0. The zero-order valence-corrected chi connectivity index (χ0v) is 9.97. The lowest BCUT2D eigenvalue weighted by Gasteiger charge is -2.25. The summed E-state index contributed by atoms with van der Waals surface area (Å²) in [5, 5.41) is 4.21. The Labute approximate surface area is 96.2 Å². The summed E-state index contributed by atoms with van der Waals surface area (Å²) in [5.74, 6) is 0. The molecule has 2 unspecified atom stereocenters. The lowest BCUT2D eigenvalue weighted by Crippen LogP contribution is -2.33. The molecule has 2 N–H and O–H groups in total. The molecule has 0 bridgehead atoms. The molecular formula is C11H20N4O. The van der Waals surface area contributed by atoms with Gasteiger partial charge in [0, 0.05) is 45.0 Å². The van der Waals surface area contributed by atoms with Gasteiger partial charge in [0.2, 0.25) is 0 Å². The van der Waals surface area contributed by atoms with Gasteiger partial charge < -0.3 is 10.5 Å². The second kappa shape index (κ2) is 4.95. The SMILES string of the molecule is COCCN1CCC(N)C1c1cnn(C)c1. The molecule has 0 spiro atoms. The van der Waals surface area contributed by atoms with E-state index in [0.717, 1.165) is 26.1 Å². The molecule has 1 fully saturated rings. The highest BCUT2D eigenvalue weighted by atomic mass is 16.5. The Balaban J connectivity index is 2.09. The van der Waals surface area contributed by atoms with E-state index in [9.17, 15) is 0 Å². The van der Waals surface area contributed by atoms with Gasteiger partial charge >= 0.3 is 0 Å². The van der Waals surface area contributed by atoms with Crippen LogP contribution in [0.2, 0.25) is 0 Å². The Kier molecular flexibility index (Phi) is 3.58. The second-order valence-corrected chi connectivity index (χ2v) is 4.37. The van der Waals surface area contributed by atoms with Crippen LogP contribution >= 0.6 is 0 Å². The highest BCUT2D eigenvalue weighted by molar-refractivity contribution is 5.15. The Morgan fingerprint density at radius 2 is 2.44 bits per heavy atom. The number of ether oxygens (including phenoxy) is 1. The van der Waals surface area contributed by atoms with Crippen molar-refractivity contribution in [1.82, 2.24) is 14.7 Å². The second-order valence-electron chi connectivity index (χ2n) is 4.37. The zero-order chi connectivity index (χ0) is 11.5. The van der Waals surface area contributed by atoms with Crippen LogP contribution in [-0.2, 0) is 11.8 Å². The Morgan fingerprint density at radius 3 is 3.06 bits per heavy atom. The number of nitrogens with zero attached hydrogens (tertiary/aromatic N) is 3. The molecule has 1 aromatic heterocycles. The monoisotopic (exact) mass is 224 g/mol. The topological polar surface area (TPSA) is 56.3 Å². The molecule has 0 amide bonds. The van der Waals surface area contributed by atoms with Crippen molar-refractivity contribution in [3.63, 3.8) is 0 Å². The summed E-state index contributed by atoms with van der Waals surface area (Å²) < 4.78 is 6.95. The highest BCUT2D eigenvalue weighted by Crippen LogP contribution is 2.30. The number of methoxy groups -OCH3 is 1. The van der Waals surface area contributed by atoms with Crippen LogP contribution in [0.3, 0.4) is 0 Å². The third-order valence-corrected chi connectivity index (χ3v) is 3.20. The molecule has 2 rings (SSSR count). The molecule has 5 nitrogen and oxygen atoms in total. The fourth-order valence-corrected chi connectivity index (χ4v) is 2.39. The molecule has 0 aromatic carbocycles. The molecule has 2 atom stereocenters. The Hall–Kier alpha value is -0.910. The summed E-state index contributed by atoms with van der Waals surface area (Å²) >= 11 is 0. The normalized spacial score (nSPS) is 26.4. The third-order valence-electron chi connectivity index (χ3n) is 3.20. The van der Waals surface area contributed by atoms with Gasteiger partial charge in [0.15, 0.2) is 0 Å². The fraction of sp³-hybridized carbons (Fsp3) is 0.727. The number of hydrogen-bond acceptors (Lipinski definition) is 4. The first kappa shape index (κ1) is 11.6. The molecule has 1 aromatic rings. The molecular weight excluding hydrogens is 204 g/mol. The van der Waals surface area contributed by atoms with Crippen molar-refractivity contribution < 1.29 is 4.74 Å². The average molecular weight is 224 g/mol. The van der Waals surface area contributed by atoms with E-state index in [1.807, 2.05) is 17.9 Å². The fourth-order valence-electron chi connectivity index (χ4n) is 2.39. The Bertz CT molecular complexity index is 338. The van der Waals surface area contributed by atoms with E-state index in [-0.39, 0.29) is 6.04 Å². The van der Waals surface area contributed by atoms with Crippen LogP contribution in [0, 0.1) is 0 Å². The Morgan fingerprint density at radius 1 is 1.62 bits per heavy atom. The van der Waals surface area contributed by atoms with Crippen LogP contribution in [0.1, 0.15) is 18.0 Å². The van der Waals surface area contributed by atoms with Gasteiger partial charge in [-0.05, 0) is 6.42 Å². The molecule has 16 heavy (non-hydrogen) atoms. The molecule has 1 saturated heterocycles. The van der Waals surface area contributed by atoms with E-state index < -0.39 is 0 Å². The standard InChI is InChI=1S/C11H20N4O/c1-14-8-9(7-13-14)11-10(12)3-4-15(11)5-6-16-2/h7-8,10-11H,3-6,12H2,1-2H3. The maximum atomic E-state index is 6.16. The van der Waals surface area contributed by atoms with Gasteiger partial charge in [-0.3, -0.25) is 9.58 Å². The number of nitrogens with two attached hydrogens (primary N) is 1. The summed E-state index contributed by atoms with van der Waals surface area (Å²) in [6.07, 6.45) is 5.01. The zero-order valence-electron chi connectivity index (χ0n) is 9.97. The van der Waals surface area contributed by atoms with E-state index in [1.54, 1.807) is 7.11 Å². The van der Waals surface area contributed by atoms with Gasteiger partial charge in [0.05, 0.1) is 18.8 Å². The summed E-state index contributed by atoms with van der Waals surface area (Å²) in [6, 6.07) is 0.505. The molecule has 2 heterocycles. The predicted octanol–water partition coefficient (Wildman–Crippen LogP) is 0.141. The molecule has 0 saturated carbocycles. The highest BCUT2D eigenvalue weighted by Gasteiger charge is 2.33.